The maximum Gasteiger partial charge on any atom is 0.337 e. The van der Waals surface area contributed by atoms with Crippen LogP contribution < -0.4 is 5.73 Å². The number of nitrogens with two attached hydrogens (primary N) is 1. The second kappa shape index (κ2) is 3.39. The van der Waals surface area contributed by atoms with Crippen LogP contribution in [0.3, 0.4) is 0 Å². The topological polar surface area (TPSA) is 110 Å². The Hall–Kier alpha value is -1.73. The SMILES string of the molecule is NCC1=NS(=O)(=O)c2c(C(=O)O)cccc21. The van der Waals surface area contributed by atoms with Gasteiger partial charge in [0.1, 0.15) is 4.90 Å². The van der Waals surface area contributed by atoms with Crippen molar-refractivity contribution in [2.45, 2.75) is 4.90 Å². The second-order valence-electron chi connectivity index (χ2n) is 3.20. The van der Waals surface area contributed by atoms with E-state index in [1.807, 2.05) is 0 Å². The fourth-order valence-electron chi connectivity index (χ4n) is 1.60. The van der Waals surface area contributed by atoms with Gasteiger partial charge in [-0.3, -0.25) is 0 Å². The lowest BCUT2D eigenvalue weighted by Gasteiger charge is -2.02. The molecule has 0 aromatic heterocycles. The normalized spacial score (nSPS) is 16.7. The average molecular weight is 240 g/mol. The molecular weight excluding hydrogens is 232 g/mol. The number of carboxylic acid groups (broad SMARTS) is 1. The molecule has 0 aliphatic carbocycles. The van der Waals surface area contributed by atoms with Crippen molar-refractivity contribution in [3.05, 3.63) is 29.3 Å². The predicted octanol–water partition coefficient (Wildman–Crippen LogP) is -0.165. The number of hydrogen-bond acceptors (Lipinski definition) is 4. The van der Waals surface area contributed by atoms with Crippen molar-refractivity contribution >= 4 is 21.7 Å². The van der Waals surface area contributed by atoms with Gasteiger partial charge in [-0.1, -0.05) is 12.1 Å². The molecule has 0 fully saturated rings. The number of nitrogens with zero attached hydrogens (tertiary/aromatic N) is 1. The van der Waals surface area contributed by atoms with E-state index >= 15 is 0 Å². The fraction of sp³-hybridized carbons (Fsp3) is 0.111. The average Bonchev–Trinajstić information content (AvgIpc) is 2.50. The van der Waals surface area contributed by atoms with Gasteiger partial charge in [0.25, 0.3) is 10.0 Å². The van der Waals surface area contributed by atoms with Crippen LogP contribution in [0, 0.1) is 0 Å². The van der Waals surface area contributed by atoms with Crippen molar-refractivity contribution in [2.24, 2.45) is 10.1 Å². The first-order valence-electron chi connectivity index (χ1n) is 4.38. The van der Waals surface area contributed by atoms with Gasteiger partial charge in [0, 0.05) is 12.1 Å². The minimum atomic E-state index is -3.92. The summed E-state index contributed by atoms with van der Waals surface area (Å²) in [5.74, 6) is -1.30. The Kier molecular flexibility index (Phi) is 2.28. The summed E-state index contributed by atoms with van der Waals surface area (Å²) < 4.78 is 26.7. The molecule has 0 amide bonds. The summed E-state index contributed by atoms with van der Waals surface area (Å²) in [7, 11) is -3.92. The van der Waals surface area contributed by atoms with Crippen molar-refractivity contribution < 1.29 is 18.3 Å². The molecule has 2 rings (SSSR count). The van der Waals surface area contributed by atoms with E-state index in [0.29, 0.717) is 0 Å². The Morgan fingerprint density at radius 2 is 2.12 bits per heavy atom. The van der Waals surface area contributed by atoms with Crippen LogP contribution in [0.15, 0.2) is 27.5 Å². The lowest BCUT2D eigenvalue weighted by molar-refractivity contribution is 0.0692. The molecule has 0 radical (unpaired) electrons. The maximum absolute atomic E-state index is 11.6. The Morgan fingerprint density at radius 1 is 1.44 bits per heavy atom. The number of fused-ring (bicyclic) bond motifs is 1. The Labute approximate surface area is 91.5 Å². The van der Waals surface area contributed by atoms with E-state index in [4.69, 9.17) is 10.8 Å². The van der Waals surface area contributed by atoms with Crippen molar-refractivity contribution in [3.8, 4) is 0 Å². The molecule has 1 aliphatic rings. The van der Waals surface area contributed by atoms with Gasteiger partial charge in [-0.15, -0.1) is 0 Å². The predicted molar refractivity (Wildman–Crippen MR) is 56.2 cm³/mol. The molecular formula is C9H8N2O4S. The molecule has 1 heterocycles. The summed E-state index contributed by atoms with van der Waals surface area (Å²) in [4.78, 5) is 10.6. The summed E-state index contributed by atoms with van der Waals surface area (Å²) >= 11 is 0. The number of hydrogen-bond donors (Lipinski definition) is 2. The zero-order valence-corrected chi connectivity index (χ0v) is 8.86. The van der Waals surface area contributed by atoms with Gasteiger partial charge < -0.3 is 10.8 Å². The Bertz CT molecular complexity index is 604. The van der Waals surface area contributed by atoms with Gasteiger partial charge in [-0.2, -0.15) is 12.8 Å². The van der Waals surface area contributed by atoms with Crippen LogP contribution in [0.2, 0.25) is 0 Å². The van der Waals surface area contributed by atoms with Crippen LogP contribution in [0.25, 0.3) is 0 Å². The maximum atomic E-state index is 11.6. The Morgan fingerprint density at radius 3 is 2.69 bits per heavy atom. The first-order chi connectivity index (χ1) is 7.47. The molecule has 84 valence electrons. The largest absolute Gasteiger partial charge is 0.478 e. The van der Waals surface area contributed by atoms with Crippen molar-refractivity contribution in [1.82, 2.24) is 0 Å². The van der Waals surface area contributed by atoms with Gasteiger partial charge in [0.15, 0.2) is 0 Å². The third-order valence-corrected chi connectivity index (χ3v) is 3.65. The quantitative estimate of drug-likeness (QED) is 0.746. The van der Waals surface area contributed by atoms with E-state index < -0.39 is 16.0 Å². The minimum absolute atomic E-state index is 0.0463. The van der Waals surface area contributed by atoms with E-state index in [2.05, 4.69) is 4.40 Å². The molecule has 6 nitrogen and oxygen atoms in total. The van der Waals surface area contributed by atoms with E-state index in [0.717, 1.165) is 0 Å². The highest BCUT2D eigenvalue weighted by Crippen LogP contribution is 2.29. The number of aromatic carboxylic acids is 1. The number of sulfonamides is 1. The molecule has 1 aliphatic heterocycles. The molecule has 7 heteroatoms. The summed E-state index contributed by atoms with van der Waals surface area (Å²) in [6, 6.07) is 4.19. The lowest BCUT2D eigenvalue weighted by Crippen LogP contribution is -2.13. The molecule has 0 unspecified atom stereocenters. The van der Waals surface area contributed by atoms with Crippen LogP contribution in [0.5, 0.6) is 0 Å². The van der Waals surface area contributed by atoms with Crippen LogP contribution in [0.1, 0.15) is 15.9 Å². The number of carbonyl (C=O) groups is 1. The van der Waals surface area contributed by atoms with Gasteiger partial charge in [-0.25, -0.2) is 4.79 Å². The van der Waals surface area contributed by atoms with E-state index in [1.165, 1.54) is 18.2 Å². The monoisotopic (exact) mass is 240 g/mol. The number of benzene rings is 1. The zero-order chi connectivity index (χ0) is 11.9. The summed E-state index contributed by atoms with van der Waals surface area (Å²) in [5.41, 5.74) is 5.55. The molecule has 1 aromatic carbocycles. The molecule has 0 saturated heterocycles. The molecule has 16 heavy (non-hydrogen) atoms. The van der Waals surface area contributed by atoms with Crippen LogP contribution >= 0.6 is 0 Å². The highest BCUT2D eigenvalue weighted by atomic mass is 32.2. The molecule has 0 saturated carbocycles. The Balaban J connectivity index is 2.82. The third-order valence-electron chi connectivity index (χ3n) is 2.24. The molecule has 0 atom stereocenters. The van der Waals surface area contributed by atoms with Crippen LogP contribution in [-0.2, 0) is 10.0 Å². The summed E-state index contributed by atoms with van der Waals surface area (Å²) in [6.07, 6.45) is 0. The summed E-state index contributed by atoms with van der Waals surface area (Å²) in [5, 5.41) is 8.89. The van der Waals surface area contributed by atoms with Gasteiger partial charge >= 0.3 is 5.97 Å². The fourth-order valence-corrected chi connectivity index (χ4v) is 3.05. The summed E-state index contributed by atoms with van der Waals surface area (Å²) in [6.45, 7) is -0.0463. The highest BCUT2D eigenvalue weighted by Gasteiger charge is 2.32. The van der Waals surface area contributed by atoms with Crippen LogP contribution in [-0.4, -0.2) is 31.8 Å². The first kappa shape index (κ1) is 10.8. The first-order valence-corrected chi connectivity index (χ1v) is 5.82. The molecule has 0 spiro atoms. The van der Waals surface area contributed by atoms with Crippen molar-refractivity contribution in [2.75, 3.05) is 6.54 Å². The van der Waals surface area contributed by atoms with E-state index in [-0.39, 0.29) is 28.3 Å². The highest BCUT2D eigenvalue weighted by molar-refractivity contribution is 7.90. The van der Waals surface area contributed by atoms with Crippen molar-refractivity contribution in [3.63, 3.8) is 0 Å². The second-order valence-corrected chi connectivity index (χ2v) is 4.75. The smallest absolute Gasteiger partial charge is 0.337 e. The van der Waals surface area contributed by atoms with Gasteiger partial charge in [0.2, 0.25) is 0 Å². The van der Waals surface area contributed by atoms with Gasteiger partial charge in [-0.05, 0) is 6.07 Å². The lowest BCUT2D eigenvalue weighted by atomic mass is 10.1. The van der Waals surface area contributed by atoms with Crippen LogP contribution in [0.4, 0.5) is 0 Å². The van der Waals surface area contributed by atoms with Crippen molar-refractivity contribution in [1.29, 1.82) is 0 Å². The van der Waals surface area contributed by atoms with E-state index in [1.54, 1.807) is 0 Å². The molecule has 1 aromatic rings. The standard InChI is InChI=1S/C9H8N2O4S/c10-4-7-5-2-1-3-6(9(12)13)8(5)16(14,15)11-7/h1-3H,4,10H2,(H,12,13). The number of rotatable bonds is 2. The third kappa shape index (κ3) is 1.41. The zero-order valence-electron chi connectivity index (χ0n) is 8.04. The van der Waals surface area contributed by atoms with Gasteiger partial charge in [0.05, 0.1) is 11.3 Å². The number of carboxylic acids is 1. The minimum Gasteiger partial charge on any atom is -0.478 e. The molecule has 3 N–H and O–H groups in total. The molecule has 0 bridgehead atoms. The van der Waals surface area contributed by atoms with E-state index in [9.17, 15) is 13.2 Å².